The molecule has 0 saturated heterocycles. The zero-order valence-electron chi connectivity index (χ0n) is 11.9. The first-order valence-corrected chi connectivity index (χ1v) is 7.18. The average molecular weight is 286 g/mol. The average Bonchev–Trinajstić information content (AvgIpc) is 3.07. The molecule has 0 aliphatic heterocycles. The van der Waals surface area contributed by atoms with E-state index in [0.717, 1.165) is 0 Å². The lowest BCUT2D eigenvalue weighted by Gasteiger charge is -2.01. The first kappa shape index (κ1) is 15.2. The second-order valence-electron chi connectivity index (χ2n) is 5.07. The van der Waals surface area contributed by atoms with E-state index < -0.39 is 5.91 Å². The molecule has 1 fully saturated rings. The minimum Gasteiger partial charge on any atom is -0.366 e. The molecule has 1 aromatic carbocycles. The van der Waals surface area contributed by atoms with Gasteiger partial charge < -0.3 is 5.73 Å². The van der Waals surface area contributed by atoms with Gasteiger partial charge in [0.15, 0.2) is 0 Å². The van der Waals surface area contributed by atoms with Gasteiger partial charge in [0.05, 0.1) is 11.3 Å². The Balaban J connectivity index is 0.000000272. The third kappa shape index (κ3) is 4.67. The monoisotopic (exact) mass is 286 g/mol. The highest BCUT2D eigenvalue weighted by Gasteiger charge is 2.03. The molecule has 0 spiro atoms. The summed E-state index contributed by atoms with van der Waals surface area (Å²) in [6.45, 7) is 0. The van der Waals surface area contributed by atoms with E-state index in [2.05, 4.69) is 4.98 Å². The van der Waals surface area contributed by atoms with E-state index >= 15 is 0 Å². The normalized spacial score (nSPS) is 13.4. The maximum atomic E-state index is 13.0. The molecule has 21 heavy (non-hydrogen) atoms. The van der Waals surface area contributed by atoms with Crippen molar-refractivity contribution in [1.29, 1.82) is 0 Å². The molecular weight excluding hydrogens is 267 g/mol. The van der Waals surface area contributed by atoms with Crippen LogP contribution in [0.1, 0.15) is 42.5 Å². The summed E-state index contributed by atoms with van der Waals surface area (Å²) in [6.07, 6.45) is 8.88. The molecule has 1 amide bonds. The summed E-state index contributed by atoms with van der Waals surface area (Å²) in [7, 11) is 0. The Morgan fingerprint density at radius 3 is 2.19 bits per heavy atom. The van der Waals surface area contributed by atoms with Crippen molar-refractivity contribution in [2.75, 3.05) is 0 Å². The lowest BCUT2D eigenvalue weighted by Crippen LogP contribution is -2.10. The Morgan fingerprint density at radius 1 is 1.05 bits per heavy atom. The summed E-state index contributed by atoms with van der Waals surface area (Å²) in [5.41, 5.74) is 6.69. The quantitative estimate of drug-likeness (QED) is 0.909. The number of pyridine rings is 1. The molecule has 4 heteroatoms. The molecule has 0 radical (unpaired) electrons. The van der Waals surface area contributed by atoms with Gasteiger partial charge in [-0.2, -0.15) is 0 Å². The Morgan fingerprint density at radius 2 is 1.71 bits per heavy atom. The van der Waals surface area contributed by atoms with E-state index in [1.807, 2.05) is 0 Å². The summed E-state index contributed by atoms with van der Waals surface area (Å²) >= 11 is 0. The molecule has 2 N–H and O–H groups in total. The predicted molar refractivity (Wildman–Crippen MR) is 81.2 cm³/mol. The van der Waals surface area contributed by atoms with E-state index in [-0.39, 0.29) is 5.82 Å². The standard InChI is InChI=1S/C12H9FN2O.C5H10/c13-10-3-1-2-8(6-10)11-5-4-9(7-15-11)12(14)16;1-2-4-5-3-1/h1-7H,(H2,14,16);1-5H2. The summed E-state index contributed by atoms with van der Waals surface area (Å²) in [5.74, 6) is -0.850. The molecular formula is C17H19FN2O. The largest absolute Gasteiger partial charge is 0.366 e. The van der Waals surface area contributed by atoms with Crippen molar-refractivity contribution >= 4 is 5.91 Å². The van der Waals surface area contributed by atoms with Crippen molar-refractivity contribution < 1.29 is 9.18 Å². The molecule has 1 saturated carbocycles. The molecule has 0 unspecified atom stereocenters. The van der Waals surface area contributed by atoms with Crippen LogP contribution in [0.4, 0.5) is 4.39 Å². The summed E-state index contributed by atoms with van der Waals surface area (Å²) < 4.78 is 13.0. The molecule has 1 aliphatic rings. The first-order chi connectivity index (χ1) is 10.2. The molecule has 0 atom stereocenters. The lowest BCUT2D eigenvalue weighted by molar-refractivity contribution is 0.1000. The number of nitrogens with zero attached hydrogens (tertiary/aromatic N) is 1. The van der Waals surface area contributed by atoms with Crippen LogP contribution in [-0.2, 0) is 0 Å². The van der Waals surface area contributed by atoms with Gasteiger partial charge in [-0.1, -0.05) is 44.2 Å². The van der Waals surface area contributed by atoms with Gasteiger partial charge in [0.2, 0.25) is 5.91 Å². The molecule has 2 aromatic rings. The van der Waals surface area contributed by atoms with Crippen molar-refractivity contribution in [2.24, 2.45) is 5.73 Å². The predicted octanol–water partition coefficient (Wildman–Crippen LogP) is 3.94. The number of rotatable bonds is 2. The number of carbonyl (C=O) groups excluding carboxylic acids is 1. The van der Waals surface area contributed by atoms with Crippen molar-refractivity contribution in [3.8, 4) is 11.3 Å². The van der Waals surface area contributed by atoms with Crippen LogP contribution in [0.5, 0.6) is 0 Å². The molecule has 3 nitrogen and oxygen atoms in total. The minimum absolute atomic E-state index is 0.321. The summed E-state index contributed by atoms with van der Waals surface area (Å²) in [4.78, 5) is 14.9. The van der Waals surface area contributed by atoms with Crippen LogP contribution in [0.25, 0.3) is 11.3 Å². The SMILES string of the molecule is C1CCCC1.NC(=O)c1ccc(-c2cccc(F)c2)nc1. The van der Waals surface area contributed by atoms with Crippen molar-refractivity contribution in [1.82, 2.24) is 4.98 Å². The topological polar surface area (TPSA) is 56.0 Å². The van der Waals surface area contributed by atoms with Crippen LogP contribution in [0.2, 0.25) is 0 Å². The highest BCUT2D eigenvalue weighted by atomic mass is 19.1. The van der Waals surface area contributed by atoms with Crippen LogP contribution in [0.3, 0.4) is 0 Å². The molecule has 3 rings (SSSR count). The van der Waals surface area contributed by atoms with Crippen LogP contribution < -0.4 is 5.73 Å². The van der Waals surface area contributed by atoms with Crippen LogP contribution in [-0.4, -0.2) is 10.9 Å². The second-order valence-corrected chi connectivity index (χ2v) is 5.07. The number of primary amides is 1. The van der Waals surface area contributed by atoms with E-state index in [1.165, 1.54) is 50.4 Å². The van der Waals surface area contributed by atoms with Gasteiger partial charge in [-0.05, 0) is 24.3 Å². The molecule has 1 heterocycles. The number of carbonyl (C=O) groups is 1. The number of hydrogen-bond donors (Lipinski definition) is 1. The first-order valence-electron chi connectivity index (χ1n) is 7.18. The number of aromatic nitrogens is 1. The zero-order valence-corrected chi connectivity index (χ0v) is 11.9. The molecule has 110 valence electrons. The van der Waals surface area contributed by atoms with Crippen molar-refractivity contribution in [3.05, 3.63) is 54.0 Å². The van der Waals surface area contributed by atoms with Gasteiger partial charge in [0.25, 0.3) is 0 Å². The van der Waals surface area contributed by atoms with Crippen LogP contribution in [0, 0.1) is 5.82 Å². The van der Waals surface area contributed by atoms with Gasteiger partial charge in [-0.15, -0.1) is 0 Å². The van der Waals surface area contributed by atoms with Crippen LogP contribution in [0.15, 0.2) is 42.6 Å². The number of nitrogens with two attached hydrogens (primary N) is 1. The molecule has 0 bridgehead atoms. The number of amides is 1. The maximum absolute atomic E-state index is 13.0. The number of benzene rings is 1. The fourth-order valence-electron chi connectivity index (χ4n) is 2.24. The minimum atomic E-state index is -0.529. The third-order valence-corrected chi connectivity index (χ3v) is 3.42. The molecule has 1 aromatic heterocycles. The van der Waals surface area contributed by atoms with Gasteiger partial charge in [-0.3, -0.25) is 9.78 Å². The highest BCUT2D eigenvalue weighted by Crippen LogP contribution is 2.17. The Hall–Kier alpha value is -2.23. The third-order valence-electron chi connectivity index (χ3n) is 3.42. The fraction of sp³-hybridized carbons (Fsp3) is 0.294. The second kappa shape index (κ2) is 7.53. The van der Waals surface area contributed by atoms with E-state index in [1.54, 1.807) is 24.3 Å². The van der Waals surface area contributed by atoms with Crippen molar-refractivity contribution in [3.63, 3.8) is 0 Å². The number of halogens is 1. The summed E-state index contributed by atoms with van der Waals surface area (Å²) in [5, 5.41) is 0. The van der Waals surface area contributed by atoms with E-state index in [4.69, 9.17) is 5.73 Å². The van der Waals surface area contributed by atoms with Crippen molar-refractivity contribution in [2.45, 2.75) is 32.1 Å². The number of hydrogen-bond acceptors (Lipinski definition) is 2. The Bertz CT molecular complexity index is 584. The van der Waals surface area contributed by atoms with E-state index in [0.29, 0.717) is 16.8 Å². The lowest BCUT2D eigenvalue weighted by atomic mass is 10.1. The maximum Gasteiger partial charge on any atom is 0.250 e. The van der Waals surface area contributed by atoms with E-state index in [9.17, 15) is 9.18 Å². The highest BCUT2D eigenvalue weighted by molar-refractivity contribution is 5.92. The van der Waals surface area contributed by atoms with Gasteiger partial charge >= 0.3 is 0 Å². The smallest absolute Gasteiger partial charge is 0.250 e. The zero-order chi connectivity index (χ0) is 15.1. The van der Waals surface area contributed by atoms with Gasteiger partial charge in [0, 0.05) is 11.8 Å². The van der Waals surface area contributed by atoms with Crippen LogP contribution >= 0.6 is 0 Å². The van der Waals surface area contributed by atoms with Gasteiger partial charge in [-0.25, -0.2) is 4.39 Å². The molecule has 1 aliphatic carbocycles. The van der Waals surface area contributed by atoms with Gasteiger partial charge in [0.1, 0.15) is 5.82 Å². The Labute approximate surface area is 124 Å². The summed E-state index contributed by atoms with van der Waals surface area (Å²) in [6, 6.07) is 9.29. The fourth-order valence-corrected chi connectivity index (χ4v) is 2.24. The Kier molecular flexibility index (Phi) is 5.43.